The lowest BCUT2D eigenvalue weighted by atomic mass is 9.87. The van der Waals surface area contributed by atoms with Gasteiger partial charge in [-0.05, 0) is 24.7 Å². The van der Waals surface area contributed by atoms with E-state index in [1.165, 1.54) is 19.3 Å². The van der Waals surface area contributed by atoms with Crippen LogP contribution in [0.25, 0.3) is 0 Å². The summed E-state index contributed by atoms with van der Waals surface area (Å²) in [5.74, 6) is 0.466. The molecule has 2 unspecified atom stereocenters. The van der Waals surface area contributed by atoms with E-state index in [1.54, 1.807) is 0 Å². The van der Waals surface area contributed by atoms with Crippen molar-refractivity contribution in [2.45, 2.75) is 77.9 Å². The summed E-state index contributed by atoms with van der Waals surface area (Å²) in [6, 6.07) is -0.379. The molecule has 1 aliphatic heterocycles. The largest absolute Gasteiger partial charge is 0.342 e. The van der Waals surface area contributed by atoms with Gasteiger partial charge in [0.25, 0.3) is 0 Å². The maximum absolute atomic E-state index is 12.8. The van der Waals surface area contributed by atoms with Crippen LogP contribution < -0.4 is 5.32 Å². The van der Waals surface area contributed by atoms with E-state index in [4.69, 9.17) is 0 Å². The molecule has 1 N–H and O–H groups in total. The molecule has 1 saturated heterocycles. The second kappa shape index (κ2) is 6.15. The van der Waals surface area contributed by atoms with E-state index in [2.05, 4.69) is 5.32 Å². The van der Waals surface area contributed by atoms with Gasteiger partial charge in [-0.25, -0.2) is 0 Å². The number of amides is 2. The van der Waals surface area contributed by atoms with Crippen LogP contribution in [0.4, 0.5) is 0 Å². The predicted molar refractivity (Wildman–Crippen MR) is 79.1 cm³/mol. The van der Waals surface area contributed by atoms with Crippen LogP contribution in [-0.2, 0) is 9.59 Å². The smallest absolute Gasteiger partial charge is 0.246 e. The zero-order valence-corrected chi connectivity index (χ0v) is 13.2. The Morgan fingerprint density at radius 3 is 2.10 bits per heavy atom. The maximum Gasteiger partial charge on any atom is 0.246 e. The minimum atomic E-state index is -0.348. The fourth-order valence-electron chi connectivity index (χ4n) is 3.57. The summed E-state index contributed by atoms with van der Waals surface area (Å²) in [6.07, 6.45) is 5.70. The van der Waals surface area contributed by atoms with Gasteiger partial charge >= 0.3 is 0 Å². The highest BCUT2D eigenvalue weighted by Crippen LogP contribution is 2.30. The SMILES string of the molecule is CC(C)C1NC(=O)C(C(C)C)N(C2CCCCC2)C1=O. The maximum atomic E-state index is 12.8. The van der Waals surface area contributed by atoms with Crippen molar-refractivity contribution in [1.82, 2.24) is 10.2 Å². The van der Waals surface area contributed by atoms with Crippen LogP contribution in [0.3, 0.4) is 0 Å². The molecule has 4 nitrogen and oxygen atoms in total. The first-order valence-electron chi connectivity index (χ1n) is 8.06. The standard InChI is InChI=1S/C16H28N2O2/c1-10(2)13-16(20)18(12-8-6-5-7-9-12)14(11(3)4)15(19)17-13/h10-14H,5-9H2,1-4H3,(H,17,19). The first-order chi connectivity index (χ1) is 9.43. The molecule has 0 radical (unpaired) electrons. The highest BCUT2D eigenvalue weighted by atomic mass is 16.2. The van der Waals surface area contributed by atoms with Crippen LogP contribution in [-0.4, -0.2) is 34.8 Å². The lowest BCUT2D eigenvalue weighted by Crippen LogP contribution is -2.68. The van der Waals surface area contributed by atoms with Gasteiger partial charge in [0.05, 0.1) is 0 Å². The molecule has 0 aromatic rings. The van der Waals surface area contributed by atoms with E-state index in [0.717, 1.165) is 12.8 Å². The van der Waals surface area contributed by atoms with Crippen LogP contribution in [0.15, 0.2) is 0 Å². The van der Waals surface area contributed by atoms with Crippen molar-refractivity contribution < 1.29 is 9.59 Å². The van der Waals surface area contributed by atoms with Crippen LogP contribution in [0.2, 0.25) is 0 Å². The van der Waals surface area contributed by atoms with Crippen LogP contribution in [0.1, 0.15) is 59.8 Å². The average molecular weight is 280 g/mol. The Morgan fingerprint density at radius 2 is 1.60 bits per heavy atom. The quantitative estimate of drug-likeness (QED) is 0.862. The summed E-state index contributed by atoms with van der Waals surface area (Å²) in [7, 11) is 0. The van der Waals surface area contributed by atoms with Gasteiger partial charge < -0.3 is 10.2 Å². The lowest BCUT2D eigenvalue weighted by Gasteiger charge is -2.47. The molecule has 2 aliphatic rings. The Hall–Kier alpha value is -1.06. The topological polar surface area (TPSA) is 49.4 Å². The van der Waals surface area contributed by atoms with Crippen LogP contribution in [0.5, 0.6) is 0 Å². The van der Waals surface area contributed by atoms with E-state index in [9.17, 15) is 9.59 Å². The average Bonchev–Trinajstić information content (AvgIpc) is 2.40. The molecule has 1 saturated carbocycles. The number of nitrogens with zero attached hydrogens (tertiary/aromatic N) is 1. The summed E-state index contributed by atoms with van der Waals surface area (Å²) < 4.78 is 0. The molecule has 1 heterocycles. The van der Waals surface area contributed by atoms with Crippen molar-refractivity contribution in [2.24, 2.45) is 11.8 Å². The fourth-order valence-corrected chi connectivity index (χ4v) is 3.57. The summed E-state index contributed by atoms with van der Waals surface area (Å²) in [6.45, 7) is 8.06. The Morgan fingerprint density at radius 1 is 1.00 bits per heavy atom. The van der Waals surface area contributed by atoms with E-state index < -0.39 is 0 Å². The molecule has 0 aromatic carbocycles. The van der Waals surface area contributed by atoms with Gasteiger partial charge in [-0.15, -0.1) is 0 Å². The summed E-state index contributed by atoms with van der Waals surface area (Å²) in [5, 5.41) is 2.94. The molecule has 2 amide bonds. The van der Waals surface area contributed by atoms with Crippen molar-refractivity contribution in [3.8, 4) is 0 Å². The molecule has 20 heavy (non-hydrogen) atoms. The van der Waals surface area contributed by atoms with Gasteiger partial charge in [0.1, 0.15) is 12.1 Å². The number of carbonyl (C=O) groups is 2. The second-order valence-electron chi connectivity index (χ2n) is 6.96. The Labute approximate surface area is 122 Å². The van der Waals surface area contributed by atoms with E-state index in [0.29, 0.717) is 0 Å². The van der Waals surface area contributed by atoms with Gasteiger partial charge in [-0.3, -0.25) is 9.59 Å². The van der Waals surface area contributed by atoms with Crippen molar-refractivity contribution in [3.05, 3.63) is 0 Å². The monoisotopic (exact) mass is 280 g/mol. The zero-order chi connectivity index (χ0) is 14.9. The first kappa shape index (κ1) is 15.3. The van der Waals surface area contributed by atoms with Crippen LogP contribution >= 0.6 is 0 Å². The predicted octanol–water partition coefficient (Wildman–Crippen LogP) is 2.33. The molecule has 2 fully saturated rings. The van der Waals surface area contributed by atoms with Gasteiger partial charge in [0, 0.05) is 6.04 Å². The zero-order valence-electron chi connectivity index (χ0n) is 13.2. The number of hydrogen-bond acceptors (Lipinski definition) is 2. The molecule has 2 atom stereocenters. The van der Waals surface area contributed by atoms with E-state index in [1.807, 2.05) is 32.6 Å². The highest BCUT2D eigenvalue weighted by molar-refractivity contribution is 5.97. The van der Waals surface area contributed by atoms with Crippen molar-refractivity contribution in [2.75, 3.05) is 0 Å². The van der Waals surface area contributed by atoms with Gasteiger partial charge in [0.2, 0.25) is 11.8 Å². The summed E-state index contributed by atoms with van der Waals surface area (Å²) in [5.41, 5.74) is 0. The number of piperazine rings is 1. The Balaban J connectivity index is 2.28. The Bertz CT molecular complexity index is 373. The first-order valence-corrected chi connectivity index (χ1v) is 8.06. The Kier molecular flexibility index (Phi) is 4.71. The van der Waals surface area contributed by atoms with Crippen LogP contribution in [0, 0.1) is 11.8 Å². The molecule has 4 heteroatoms. The number of rotatable bonds is 3. The highest BCUT2D eigenvalue weighted by Gasteiger charge is 2.45. The number of nitrogens with one attached hydrogen (secondary N) is 1. The normalized spacial score (nSPS) is 29.2. The van der Waals surface area contributed by atoms with Crippen molar-refractivity contribution in [3.63, 3.8) is 0 Å². The third-order valence-electron chi connectivity index (χ3n) is 4.65. The minimum Gasteiger partial charge on any atom is -0.342 e. The third-order valence-corrected chi connectivity index (χ3v) is 4.65. The lowest BCUT2D eigenvalue weighted by molar-refractivity contribution is -0.156. The van der Waals surface area contributed by atoms with Gasteiger partial charge in [-0.1, -0.05) is 47.0 Å². The number of carbonyl (C=O) groups excluding carboxylic acids is 2. The molecular weight excluding hydrogens is 252 g/mol. The molecular formula is C16H28N2O2. The molecule has 0 bridgehead atoms. The van der Waals surface area contributed by atoms with E-state index >= 15 is 0 Å². The van der Waals surface area contributed by atoms with Gasteiger partial charge in [-0.2, -0.15) is 0 Å². The molecule has 0 spiro atoms. The van der Waals surface area contributed by atoms with Crippen molar-refractivity contribution >= 4 is 11.8 Å². The molecule has 114 valence electrons. The number of hydrogen-bond donors (Lipinski definition) is 1. The minimum absolute atomic E-state index is 0.0314. The van der Waals surface area contributed by atoms with Crippen molar-refractivity contribution in [1.29, 1.82) is 0 Å². The second-order valence-corrected chi connectivity index (χ2v) is 6.96. The fraction of sp³-hybridized carbons (Fsp3) is 0.875. The summed E-state index contributed by atoms with van der Waals surface area (Å²) >= 11 is 0. The van der Waals surface area contributed by atoms with E-state index in [-0.39, 0.29) is 41.8 Å². The molecule has 1 aliphatic carbocycles. The third kappa shape index (κ3) is 2.84. The summed E-state index contributed by atoms with van der Waals surface area (Å²) in [4.78, 5) is 27.2. The molecule has 0 aromatic heterocycles. The van der Waals surface area contributed by atoms with Gasteiger partial charge in [0.15, 0.2) is 0 Å². The molecule has 2 rings (SSSR count).